The fourth-order valence-corrected chi connectivity index (χ4v) is 5.18. The van der Waals surface area contributed by atoms with Crippen molar-refractivity contribution in [1.82, 2.24) is 9.97 Å². The van der Waals surface area contributed by atoms with Crippen LogP contribution in [0.15, 0.2) is 79.0 Å². The van der Waals surface area contributed by atoms with Crippen LogP contribution >= 0.6 is 0 Å². The van der Waals surface area contributed by atoms with E-state index in [-0.39, 0.29) is 43.4 Å². The molecule has 5 rings (SSSR count). The maximum atomic E-state index is 13.3. The smallest absolute Gasteiger partial charge is 0.497 e. The fraction of sp³-hybridized carbons (Fsp3) is 0.351. The zero-order valence-electron chi connectivity index (χ0n) is 28.3. The van der Waals surface area contributed by atoms with Gasteiger partial charge in [0.1, 0.15) is 35.3 Å². The first-order chi connectivity index (χ1) is 23.7. The lowest BCUT2D eigenvalue weighted by molar-refractivity contribution is -0.274. The van der Waals surface area contributed by atoms with Gasteiger partial charge in [0.2, 0.25) is 0 Å². The molecule has 0 unspecified atom stereocenters. The van der Waals surface area contributed by atoms with Crippen LogP contribution in [0.5, 0.6) is 17.2 Å². The molecule has 0 saturated heterocycles. The zero-order chi connectivity index (χ0) is 36.1. The van der Waals surface area contributed by atoms with E-state index in [1.165, 1.54) is 29.3 Å². The van der Waals surface area contributed by atoms with Crippen molar-refractivity contribution in [2.45, 2.75) is 65.1 Å². The summed E-state index contributed by atoms with van der Waals surface area (Å²) in [5.74, 6) is 0.259. The average Bonchev–Trinajstić information content (AvgIpc) is 3.87. The van der Waals surface area contributed by atoms with Crippen LogP contribution in [0.1, 0.15) is 56.9 Å². The minimum Gasteiger partial charge on any atom is -0.497 e. The summed E-state index contributed by atoms with van der Waals surface area (Å²) in [6, 6.07) is 19.8. The Hall–Kier alpha value is -5.33. The van der Waals surface area contributed by atoms with Gasteiger partial charge in [-0.2, -0.15) is 0 Å². The summed E-state index contributed by atoms with van der Waals surface area (Å²) in [6.45, 7) is 7.29. The van der Waals surface area contributed by atoms with Gasteiger partial charge in [-0.05, 0) is 93.8 Å². The van der Waals surface area contributed by atoms with E-state index in [2.05, 4.69) is 9.72 Å². The number of rotatable bonds is 12. The number of hydrogen-bond donors (Lipinski definition) is 0. The lowest BCUT2D eigenvalue weighted by Crippen LogP contribution is -2.37. The molecule has 2 aromatic carbocycles. The molecule has 1 amide bonds. The number of hydrogen-bond acceptors (Lipinski definition) is 9. The highest BCUT2D eigenvalue weighted by Gasteiger charge is 2.47. The first-order valence-electron chi connectivity index (χ1n) is 16.0. The number of esters is 1. The van der Waals surface area contributed by atoms with Gasteiger partial charge < -0.3 is 23.7 Å². The van der Waals surface area contributed by atoms with Crippen LogP contribution in [0.4, 0.5) is 23.8 Å². The molecule has 1 saturated carbocycles. The summed E-state index contributed by atoms with van der Waals surface area (Å²) in [5.41, 5.74) is 2.24. The number of aromatic nitrogens is 2. The second-order valence-corrected chi connectivity index (χ2v) is 12.6. The zero-order valence-corrected chi connectivity index (χ0v) is 28.3. The van der Waals surface area contributed by atoms with Crippen molar-refractivity contribution in [2.24, 2.45) is 5.92 Å². The van der Waals surface area contributed by atoms with E-state index >= 15 is 0 Å². The van der Waals surface area contributed by atoms with Gasteiger partial charge in [0, 0.05) is 17.7 Å². The predicted molar refractivity (Wildman–Crippen MR) is 178 cm³/mol. The van der Waals surface area contributed by atoms with Crippen molar-refractivity contribution < 1.29 is 46.4 Å². The minimum absolute atomic E-state index is 0.143. The van der Waals surface area contributed by atoms with Gasteiger partial charge in [-0.15, -0.1) is 13.2 Å². The van der Waals surface area contributed by atoms with Gasteiger partial charge in [-0.3, -0.25) is 9.69 Å². The summed E-state index contributed by atoms with van der Waals surface area (Å²) >= 11 is 0. The number of carbonyl (C=O) groups excluding carboxylic acids is 2. The third-order valence-corrected chi connectivity index (χ3v) is 7.58. The molecule has 0 radical (unpaired) electrons. The van der Waals surface area contributed by atoms with E-state index in [1.807, 2.05) is 24.3 Å². The number of benzene rings is 2. The fourth-order valence-electron chi connectivity index (χ4n) is 5.18. The van der Waals surface area contributed by atoms with Gasteiger partial charge >= 0.3 is 18.4 Å². The van der Waals surface area contributed by atoms with Crippen LogP contribution in [0.25, 0.3) is 11.3 Å². The van der Waals surface area contributed by atoms with E-state index < -0.39 is 23.8 Å². The molecule has 0 spiro atoms. The molecular weight excluding hydrogens is 655 g/mol. The van der Waals surface area contributed by atoms with Crippen molar-refractivity contribution in [3.05, 3.63) is 95.8 Å². The van der Waals surface area contributed by atoms with E-state index in [0.29, 0.717) is 34.7 Å². The molecule has 0 aliphatic heterocycles. The molecule has 2 atom stereocenters. The number of pyridine rings is 2. The minimum atomic E-state index is -4.87. The summed E-state index contributed by atoms with van der Waals surface area (Å²) in [6.07, 6.45) is -3.49. The number of methoxy groups -OCH3 is 1. The molecule has 0 N–H and O–H groups in total. The highest BCUT2D eigenvalue weighted by molar-refractivity contribution is 5.87. The second kappa shape index (κ2) is 15.1. The van der Waals surface area contributed by atoms with Crippen LogP contribution in [0, 0.1) is 5.92 Å². The summed E-state index contributed by atoms with van der Waals surface area (Å²) in [5, 5.41) is 0. The third kappa shape index (κ3) is 9.64. The molecule has 50 heavy (non-hydrogen) atoms. The van der Waals surface area contributed by atoms with Crippen LogP contribution < -0.4 is 19.1 Å². The molecule has 2 heterocycles. The quantitative estimate of drug-likeness (QED) is 0.136. The Bertz CT molecular complexity index is 1790. The SMILES string of the molecule is CCOC(=O)[C@H]1C[C@@H]1c1nc(-c2ccc(N(Cc3cccc(OC(F)(F)F)c3)C(=O)OC(C)(C)C)nc2)ccc1OCc1ccc(OC)cc1. The van der Waals surface area contributed by atoms with Gasteiger partial charge in [0.05, 0.1) is 37.6 Å². The molecule has 10 nitrogen and oxygen atoms in total. The predicted octanol–water partition coefficient (Wildman–Crippen LogP) is 8.24. The van der Waals surface area contributed by atoms with Crippen molar-refractivity contribution in [1.29, 1.82) is 0 Å². The summed E-state index contributed by atoms with van der Waals surface area (Å²) < 4.78 is 64.9. The molecule has 1 aliphatic rings. The molecular formula is C37H38F3N3O7. The lowest BCUT2D eigenvalue weighted by Gasteiger charge is -2.27. The number of nitrogens with zero attached hydrogens (tertiary/aromatic N) is 3. The van der Waals surface area contributed by atoms with Crippen LogP contribution in [0.2, 0.25) is 0 Å². The Labute approximate surface area is 288 Å². The van der Waals surface area contributed by atoms with Gasteiger partial charge in [0.25, 0.3) is 0 Å². The third-order valence-electron chi connectivity index (χ3n) is 7.58. The Morgan fingerprint density at radius 1 is 0.940 bits per heavy atom. The largest absolute Gasteiger partial charge is 0.573 e. The number of carbonyl (C=O) groups is 2. The Kier molecular flexibility index (Phi) is 10.8. The molecule has 2 aromatic heterocycles. The lowest BCUT2D eigenvalue weighted by atomic mass is 10.1. The van der Waals surface area contributed by atoms with Gasteiger partial charge in [0.15, 0.2) is 0 Å². The van der Waals surface area contributed by atoms with E-state index in [0.717, 1.165) is 11.3 Å². The average molecular weight is 694 g/mol. The highest BCUT2D eigenvalue weighted by atomic mass is 19.4. The first-order valence-corrected chi connectivity index (χ1v) is 16.0. The topological polar surface area (TPSA) is 109 Å². The van der Waals surface area contributed by atoms with Crippen molar-refractivity contribution in [2.75, 3.05) is 18.6 Å². The maximum Gasteiger partial charge on any atom is 0.573 e. The number of amides is 1. The number of ether oxygens (including phenoxy) is 5. The Morgan fingerprint density at radius 3 is 2.34 bits per heavy atom. The Morgan fingerprint density at radius 2 is 1.70 bits per heavy atom. The van der Waals surface area contributed by atoms with E-state index in [1.54, 1.807) is 65.1 Å². The van der Waals surface area contributed by atoms with Crippen molar-refractivity contribution in [3.8, 4) is 28.5 Å². The van der Waals surface area contributed by atoms with Gasteiger partial charge in [-0.1, -0.05) is 24.3 Å². The van der Waals surface area contributed by atoms with Crippen molar-refractivity contribution >= 4 is 17.9 Å². The highest BCUT2D eigenvalue weighted by Crippen LogP contribution is 2.50. The molecule has 4 aromatic rings. The van der Waals surface area contributed by atoms with Crippen molar-refractivity contribution in [3.63, 3.8) is 0 Å². The standard InChI is InChI=1S/C37H38F3N3O7/c1-6-47-34(44)29-19-28(29)33-31(48-22-23-10-13-26(46-5)14-11-23)16-15-30(42-33)25-12-17-32(41-20-25)43(35(45)50-36(2,3)4)21-24-8-7-9-27(18-24)49-37(38,39)40/h7-18,20,28-29H,6,19,21-22H2,1-5H3/t28-,29-/m0/s1. The Balaban J connectivity index is 1.41. The van der Waals surface area contributed by atoms with Crippen LogP contribution in [-0.4, -0.2) is 47.7 Å². The van der Waals surface area contributed by atoms with E-state index in [4.69, 9.17) is 23.9 Å². The molecule has 1 aliphatic carbocycles. The number of alkyl halides is 3. The second-order valence-electron chi connectivity index (χ2n) is 12.6. The molecule has 13 heteroatoms. The van der Waals surface area contributed by atoms with Gasteiger partial charge in [-0.25, -0.2) is 14.8 Å². The maximum absolute atomic E-state index is 13.3. The molecule has 1 fully saturated rings. The number of halogens is 3. The summed E-state index contributed by atoms with van der Waals surface area (Å²) in [4.78, 5) is 36.5. The van der Waals surface area contributed by atoms with E-state index in [9.17, 15) is 22.8 Å². The monoisotopic (exact) mass is 693 g/mol. The van der Waals surface area contributed by atoms with Crippen LogP contribution in [-0.2, 0) is 27.4 Å². The molecule has 264 valence electrons. The first kappa shape index (κ1) is 36.0. The molecule has 0 bridgehead atoms. The van der Waals surface area contributed by atoms with Crippen LogP contribution in [0.3, 0.4) is 0 Å². The normalized spacial score (nSPS) is 15.5. The number of anilines is 1. The summed E-state index contributed by atoms with van der Waals surface area (Å²) in [7, 11) is 1.60.